The van der Waals surface area contributed by atoms with Gasteiger partial charge in [-0.15, -0.1) is 10.2 Å². The van der Waals surface area contributed by atoms with E-state index in [-0.39, 0.29) is 5.56 Å². The van der Waals surface area contributed by atoms with Gasteiger partial charge < -0.3 is 5.11 Å². The first kappa shape index (κ1) is 12.5. The number of nitrogens with zero attached hydrogens (tertiary/aromatic N) is 3. The zero-order valence-electron chi connectivity index (χ0n) is 10.5. The van der Waals surface area contributed by atoms with Crippen molar-refractivity contribution in [1.82, 2.24) is 14.6 Å². The smallest absolute Gasteiger partial charge is 0.339 e. The Morgan fingerprint density at radius 1 is 1.53 bits per heavy atom. The van der Waals surface area contributed by atoms with Crippen LogP contribution in [0.3, 0.4) is 0 Å². The fourth-order valence-corrected chi connectivity index (χ4v) is 3.65. The molecule has 1 atom stereocenters. The van der Waals surface area contributed by atoms with E-state index in [2.05, 4.69) is 10.2 Å². The van der Waals surface area contributed by atoms with Crippen LogP contribution in [0.4, 0.5) is 0 Å². The van der Waals surface area contributed by atoms with Crippen molar-refractivity contribution in [2.24, 2.45) is 5.92 Å². The molecule has 0 radical (unpaired) electrons. The number of hydrogen-bond acceptors (Lipinski definition) is 4. The number of aromatic carboxylic acids is 1. The fraction of sp³-hybridized carbons (Fsp3) is 0.462. The third-order valence-corrected chi connectivity index (χ3v) is 4.75. The number of fused-ring (bicyclic) bond motifs is 1. The summed E-state index contributed by atoms with van der Waals surface area (Å²) in [6, 6.07) is 3.30. The Kier molecular flexibility index (Phi) is 3.42. The van der Waals surface area contributed by atoms with E-state index < -0.39 is 5.97 Å². The summed E-state index contributed by atoms with van der Waals surface area (Å²) >= 11 is 1.99. The Labute approximate surface area is 115 Å². The van der Waals surface area contributed by atoms with Crippen LogP contribution in [0.1, 0.15) is 29.0 Å². The molecule has 0 aliphatic carbocycles. The maximum atomic E-state index is 11.1. The van der Waals surface area contributed by atoms with E-state index in [1.54, 1.807) is 12.1 Å². The molecule has 0 saturated carbocycles. The van der Waals surface area contributed by atoms with Gasteiger partial charge in [-0.05, 0) is 42.4 Å². The van der Waals surface area contributed by atoms with Crippen molar-refractivity contribution in [2.75, 3.05) is 11.5 Å². The summed E-state index contributed by atoms with van der Waals surface area (Å²) in [5, 5.41) is 17.3. The molecular weight excluding hydrogens is 262 g/mol. The maximum Gasteiger partial charge on any atom is 0.339 e. The van der Waals surface area contributed by atoms with Crippen LogP contribution >= 0.6 is 11.8 Å². The number of aromatic nitrogens is 3. The molecule has 6 heteroatoms. The van der Waals surface area contributed by atoms with Crippen molar-refractivity contribution < 1.29 is 9.90 Å². The molecule has 0 bridgehead atoms. The highest BCUT2D eigenvalue weighted by Gasteiger charge is 2.19. The molecule has 1 aliphatic rings. The molecule has 100 valence electrons. The summed E-state index contributed by atoms with van der Waals surface area (Å²) in [7, 11) is 0. The van der Waals surface area contributed by atoms with Crippen LogP contribution in [-0.4, -0.2) is 37.2 Å². The molecule has 1 fully saturated rings. The van der Waals surface area contributed by atoms with E-state index in [1.165, 1.54) is 18.6 Å². The van der Waals surface area contributed by atoms with Crippen molar-refractivity contribution in [1.29, 1.82) is 0 Å². The summed E-state index contributed by atoms with van der Waals surface area (Å²) in [5.74, 6) is 2.94. The van der Waals surface area contributed by atoms with E-state index in [4.69, 9.17) is 5.11 Å². The summed E-state index contributed by atoms with van der Waals surface area (Å²) in [6.07, 6.45) is 5.19. The summed E-state index contributed by atoms with van der Waals surface area (Å²) in [6.45, 7) is 0. The molecule has 1 saturated heterocycles. The topological polar surface area (TPSA) is 67.5 Å². The van der Waals surface area contributed by atoms with Gasteiger partial charge in [0.1, 0.15) is 11.4 Å². The number of hydrogen-bond donors (Lipinski definition) is 1. The Balaban J connectivity index is 1.92. The summed E-state index contributed by atoms with van der Waals surface area (Å²) < 4.78 is 1.81. The van der Waals surface area contributed by atoms with Gasteiger partial charge in [-0.2, -0.15) is 11.8 Å². The molecule has 3 heterocycles. The van der Waals surface area contributed by atoms with Crippen LogP contribution in [0.25, 0.3) is 5.65 Å². The van der Waals surface area contributed by atoms with Gasteiger partial charge in [0.05, 0.1) is 0 Å². The predicted molar refractivity (Wildman–Crippen MR) is 73.7 cm³/mol. The number of carboxylic acid groups (broad SMARTS) is 1. The van der Waals surface area contributed by atoms with Crippen molar-refractivity contribution in [3.8, 4) is 0 Å². The predicted octanol–water partition coefficient (Wildman–Crippen LogP) is 2.11. The van der Waals surface area contributed by atoms with Crippen molar-refractivity contribution in [3.05, 3.63) is 29.7 Å². The van der Waals surface area contributed by atoms with Crippen LogP contribution < -0.4 is 0 Å². The van der Waals surface area contributed by atoms with E-state index in [9.17, 15) is 4.79 Å². The van der Waals surface area contributed by atoms with Gasteiger partial charge in [-0.1, -0.05) is 0 Å². The van der Waals surface area contributed by atoms with E-state index in [0.29, 0.717) is 11.6 Å². The first-order chi connectivity index (χ1) is 9.25. The van der Waals surface area contributed by atoms with Crippen LogP contribution in [0.2, 0.25) is 0 Å². The van der Waals surface area contributed by atoms with Gasteiger partial charge in [0.2, 0.25) is 0 Å². The number of rotatable bonds is 3. The molecule has 1 N–H and O–H groups in total. The fourth-order valence-electron chi connectivity index (χ4n) is 2.50. The van der Waals surface area contributed by atoms with Gasteiger partial charge in [0.15, 0.2) is 5.65 Å². The molecule has 0 amide bonds. The first-order valence-electron chi connectivity index (χ1n) is 6.39. The average molecular weight is 277 g/mol. The normalized spacial score (nSPS) is 19.7. The molecule has 0 aromatic carbocycles. The lowest BCUT2D eigenvalue weighted by molar-refractivity contribution is 0.0698. The second-order valence-corrected chi connectivity index (χ2v) is 5.97. The van der Waals surface area contributed by atoms with Gasteiger partial charge in [-0.25, -0.2) is 4.79 Å². The van der Waals surface area contributed by atoms with Gasteiger partial charge >= 0.3 is 5.97 Å². The van der Waals surface area contributed by atoms with Gasteiger partial charge in [0, 0.05) is 12.6 Å². The quantitative estimate of drug-likeness (QED) is 0.930. The lowest BCUT2D eigenvalue weighted by Gasteiger charge is -2.20. The van der Waals surface area contributed by atoms with Crippen molar-refractivity contribution in [3.63, 3.8) is 0 Å². The van der Waals surface area contributed by atoms with Crippen molar-refractivity contribution >= 4 is 23.4 Å². The largest absolute Gasteiger partial charge is 0.478 e. The molecule has 3 rings (SSSR count). The molecule has 1 unspecified atom stereocenters. The third kappa shape index (κ3) is 2.45. The highest BCUT2D eigenvalue weighted by Crippen LogP contribution is 2.25. The molecule has 5 nitrogen and oxygen atoms in total. The second kappa shape index (κ2) is 5.21. The number of pyridine rings is 1. The first-order valence-corrected chi connectivity index (χ1v) is 7.55. The minimum Gasteiger partial charge on any atom is -0.478 e. The Morgan fingerprint density at radius 3 is 3.16 bits per heavy atom. The zero-order chi connectivity index (χ0) is 13.2. The number of carboxylic acids is 1. The van der Waals surface area contributed by atoms with Gasteiger partial charge in [-0.3, -0.25) is 4.40 Å². The Hall–Kier alpha value is -1.56. The third-order valence-electron chi connectivity index (χ3n) is 3.46. The maximum absolute atomic E-state index is 11.1. The van der Waals surface area contributed by atoms with Gasteiger partial charge in [0.25, 0.3) is 0 Å². The summed E-state index contributed by atoms with van der Waals surface area (Å²) in [4.78, 5) is 11.1. The number of thioether (sulfide) groups is 1. The number of carbonyl (C=O) groups is 1. The molecule has 1 aliphatic heterocycles. The van der Waals surface area contributed by atoms with E-state index in [0.717, 1.165) is 18.0 Å². The standard InChI is InChI=1S/C13H15N3O2S/c17-13(18)10-4-1-5-16-11(14-15-12(10)16)7-9-3-2-6-19-8-9/h1,4-5,9H,2-3,6-8H2,(H,17,18). The lowest BCUT2D eigenvalue weighted by atomic mass is 10.0. The zero-order valence-corrected chi connectivity index (χ0v) is 11.3. The lowest BCUT2D eigenvalue weighted by Crippen LogP contribution is -2.15. The van der Waals surface area contributed by atoms with E-state index in [1.807, 2.05) is 22.4 Å². The monoisotopic (exact) mass is 277 g/mol. The highest BCUT2D eigenvalue weighted by atomic mass is 32.2. The van der Waals surface area contributed by atoms with Crippen LogP contribution in [-0.2, 0) is 6.42 Å². The molecule has 2 aromatic rings. The van der Waals surface area contributed by atoms with Crippen LogP contribution in [0.15, 0.2) is 18.3 Å². The SMILES string of the molecule is O=C(O)c1cccn2c(CC3CCCSC3)nnc12. The Morgan fingerprint density at radius 2 is 2.42 bits per heavy atom. The summed E-state index contributed by atoms with van der Waals surface area (Å²) in [5.41, 5.74) is 0.646. The van der Waals surface area contributed by atoms with E-state index >= 15 is 0 Å². The molecule has 2 aromatic heterocycles. The van der Waals surface area contributed by atoms with Crippen LogP contribution in [0, 0.1) is 5.92 Å². The Bertz CT molecular complexity index is 605. The minimum absolute atomic E-state index is 0.208. The average Bonchev–Trinajstić information content (AvgIpc) is 2.83. The minimum atomic E-state index is -0.960. The molecule has 0 spiro atoms. The highest BCUT2D eigenvalue weighted by molar-refractivity contribution is 7.99. The van der Waals surface area contributed by atoms with Crippen LogP contribution in [0.5, 0.6) is 0 Å². The molecule has 19 heavy (non-hydrogen) atoms. The molecular formula is C13H15N3O2S. The second-order valence-electron chi connectivity index (χ2n) is 4.82. The van der Waals surface area contributed by atoms with Crippen molar-refractivity contribution in [2.45, 2.75) is 19.3 Å².